The molecule has 0 radical (unpaired) electrons. The predicted octanol–water partition coefficient (Wildman–Crippen LogP) is 9.95. The van der Waals surface area contributed by atoms with Gasteiger partial charge in [0.25, 0.3) is 0 Å². The first-order valence-corrected chi connectivity index (χ1v) is 16.6. The third-order valence-electron chi connectivity index (χ3n) is 9.92. The maximum absolute atomic E-state index is 5.08. The van der Waals surface area contributed by atoms with Gasteiger partial charge in [-0.2, -0.15) is 9.97 Å². The van der Waals surface area contributed by atoms with Crippen LogP contribution in [0.5, 0.6) is 0 Å². The van der Waals surface area contributed by atoms with Crippen molar-refractivity contribution in [3.05, 3.63) is 157 Å². The van der Waals surface area contributed by atoms with E-state index in [4.69, 9.17) is 19.9 Å². The molecular formula is C43H30N6. The summed E-state index contributed by atoms with van der Waals surface area (Å²) >= 11 is 0. The van der Waals surface area contributed by atoms with E-state index in [2.05, 4.69) is 108 Å². The Morgan fingerprint density at radius 2 is 1.04 bits per heavy atom. The smallest absolute Gasteiger partial charge is 0.238 e. The first-order chi connectivity index (χ1) is 24.0. The normalized spacial score (nSPS) is 13.3. The van der Waals surface area contributed by atoms with Crippen molar-refractivity contribution in [2.24, 2.45) is 0 Å². The van der Waals surface area contributed by atoms with Crippen LogP contribution in [0.15, 0.2) is 146 Å². The molecule has 3 aromatic heterocycles. The highest BCUT2D eigenvalue weighted by molar-refractivity contribution is 6.10. The molecule has 0 aliphatic carbocycles. The summed E-state index contributed by atoms with van der Waals surface area (Å²) in [5.74, 6) is 2.95. The Morgan fingerprint density at radius 3 is 1.78 bits per heavy atom. The van der Waals surface area contributed by atoms with Crippen LogP contribution in [0.3, 0.4) is 0 Å². The first kappa shape index (κ1) is 27.7. The zero-order valence-electron chi connectivity index (χ0n) is 27.0. The SMILES string of the molecule is CC1(C)c2cc(-c3ccc4c(c3)c3ccccc3n4-c3nc(-c4ccccc4)nc(-c4ccccc4)n3)ccc2-n2c1nc1ccccc12. The molecule has 9 aromatic rings. The number of benzene rings is 6. The van der Waals surface area contributed by atoms with Gasteiger partial charge in [0, 0.05) is 21.9 Å². The van der Waals surface area contributed by atoms with E-state index in [0.717, 1.165) is 55.4 Å². The van der Waals surface area contributed by atoms with Gasteiger partial charge in [-0.1, -0.05) is 103 Å². The molecule has 0 bridgehead atoms. The summed E-state index contributed by atoms with van der Waals surface area (Å²) in [4.78, 5) is 20.1. The quantitative estimate of drug-likeness (QED) is 0.194. The van der Waals surface area contributed by atoms with Crippen LogP contribution >= 0.6 is 0 Å². The van der Waals surface area contributed by atoms with Crippen molar-refractivity contribution in [3.63, 3.8) is 0 Å². The van der Waals surface area contributed by atoms with Gasteiger partial charge >= 0.3 is 0 Å². The lowest BCUT2D eigenvalue weighted by molar-refractivity contribution is 0.621. The molecule has 0 unspecified atom stereocenters. The number of fused-ring (bicyclic) bond motifs is 8. The van der Waals surface area contributed by atoms with Gasteiger partial charge in [-0.3, -0.25) is 9.13 Å². The molecule has 49 heavy (non-hydrogen) atoms. The molecule has 6 nitrogen and oxygen atoms in total. The van der Waals surface area contributed by atoms with E-state index in [1.807, 2.05) is 60.7 Å². The Labute approximate surface area is 283 Å². The summed E-state index contributed by atoms with van der Waals surface area (Å²) < 4.78 is 4.50. The van der Waals surface area contributed by atoms with Gasteiger partial charge in [0.15, 0.2) is 11.6 Å². The lowest BCUT2D eigenvalue weighted by Crippen LogP contribution is -2.16. The highest BCUT2D eigenvalue weighted by Crippen LogP contribution is 2.46. The Kier molecular flexibility index (Phi) is 5.82. The van der Waals surface area contributed by atoms with Crippen molar-refractivity contribution in [1.29, 1.82) is 0 Å². The summed E-state index contributed by atoms with van der Waals surface area (Å²) in [5.41, 5.74) is 10.8. The minimum atomic E-state index is -0.226. The molecule has 6 aromatic carbocycles. The fourth-order valence-corrected chi connectivity index (χ4v) is 7.49. The summed E-state index contributed by atoms with van der Waals surface area (Å²) in [6.07, 6.45) is 0. The van der Waals surface area contributed by atoms with E-state index >= 15 is 0 Å². The van der Waals surface area contributed by atoms with E-state index < -0.39 is 0 Å². The average Bonchev–Trinajstić information content (AvgIpc) is 3.78. The first-order valence-electron chi connectivity index (χ1n) is 16.6. The Bertz CT molecular complexity index is 2680. The van der Waals surface area contributed by atoms with Gasteiger partial charge in [-0.25, -0.2) is 9.97 Å². The predicted molar refractivity (Wildman–Crippen MR) is 197 cm³/mol. The van der Waals surface area contributed by atoms with Gasteiger partial charge in [0.2, 0.25) is 5.95 Å². The van der Waals surface area contributed by atoms with E-state index in [0.29, 0.717) is 17.6 Å². The molecule has 0 fully saturated rings. The Hall–Kier alpha value is -6.40. The molecule has 4 heterocycles. The maximum atomic E-state index is 5.08. The van der Waals surface area contributed by atoms with Crippen LogP contribution in [-0.2, 0) is 5.41 Å². The van der Waals surface area contributed by atoms with Crippen molar-refractivity contribution in [2.45, 2.75) is 19.3 Å². The summed E-state index contributed by atoms with van der Waals surface area (Å²) in [6, 6.07) is 50.7. The number of rotatable bonds is 4. The number of aromatic nitrogens is 6. The second-order valence-corrected chi connectivity index (χ2v) is 13.2. The number of imidazole rings is 1. The lowest BCUT2D eigenvalue weighted by Gasteiger charge is -2.18. The Morgan fingerprint density at radius 1 is 0.449 bits per heavy atom. The second kappa shape index (κ2) is 10.3. The van der Waals surface area contributed by atoms with E-state index in [1.54, 1.807) is 0 Å². The van der Waals surface area contributed by atoms with Crippen molar-refractivity contribution >= 4 is 32.8 Å². The topological polar surface area (TPSA) is 61.4 Å². The largest absolute Gasteiger partial charge is 0.295 e. The van der Waals surface area contributed by atoms with Crippen LogP contribution in [0.1, 0.15) is 25.2 Å². The molecule has 0 atom stereocenters. The number of hydrogen-bond donors (Lipinski definition) is 0. The van der Waals surface area contributed by atoms with E-state index in [1.165, 1.54) is 16.8 Å². The molecular weight excluding hydrogens is 601 g/mol. The molecule has 232 valence electrons. The van der Waals surface area contributed by atoms with Crippen molar-refractivity contribution in [1.82, 2.24) is 29.1 Å². The summed E-state index contributed by atoms with van der Waals surface area (Å²) in [6.45, 7) is 4.55. The minimum Gasteiger partial charge on any atom is -0.295 e. The van der Waals surface area contributed by atoms with Crippen LogP contribution in [0.25, 0.3) is 78.4 Å². The molecule has 0 N–H and O–H groups in total. The van der Waals surface area contributed by atoms with Crippen LogP contribution in [0.4, 0.5) is 0 Å². The zero-order chi connectivity index (χ0) is 32.7. The summed E-state index contributed by atoms with van der Waals surface area (Å²) in [7, 11) is 0. The third-order valence-corrected chi connectivity index (χ3v) is 9.92. The van der Waals surface area contributed by atoms with Gasteiger partial charge in [-0.15, -0.1) is 0 Å². The Balaban J connectivity index is 1.15. The molecule has 6 heteroatoms. The highest BCUT2D eigenvalue weighted by atomic mass is 15.2. The second-order valence-electron chi connectivity index (χ2n) is 13.2. The highest BCUT2D eigenvalue weighted by Gasteiger charge is 2.39. The molecule has 1 aliphatic rings. The van der Waals surface area contributed by atoms with Crippen LogP contribution in [0.2, 0.25) is 0 Å². The number of hydrogen-bond acceptors (Lipinski definition) is 4. The molecule has 1 aliphatic heterocycles. The molecule has 10 rings (SSSR count). The monoisotopic (exact) mass is 630 g/mol. The zero-order valence-corrected chi connectivity index (χ0v) is 27.0. The maximum Gasteiger partial charge on any atom is 0.238 e. The van der Waals surface area contributed by atoms with E-state index in [-0.39, 0.29) is 5.41 Å². The van der Waals surface area contributed by atoms with Crippen LogP contribution in [0, 0.1) is 0 Å². The number of nitrogens with zero attached hydrogens (tertiary/aromatic N) is 6. The van der Waals surface area contributed by atoms with Crippen molar-refractivity contribution < 1.29 is 0 Å². The summed E-state index contributed by atoms with van der Waals surface area (Å²) in [5, 5.41) is 2.30. The fourth-order valence-electron chi connectivity index (χ4n) is 7.49. The average molecular weight is 631 g/mol. The van der Waals surface area contributed by atoms with Crippen molar-refractivity contribution in [2.75, 3.05) is 0 Å². The van der Waals surface area contributed by atoms with Gasteiger partial charge in [0.1, 0.15) is 5.82 Å². The fraction of sp³-hybridized carbons (Fsp3) is 0.0698. The van der Waals surface area contributed by atoms with Gasteiger partial charge in [0.05, 0.1) is 33.2 Å². The molecule has 0 spiro atoms. The standard InChI is InChI=1S/C43H30N6/c1-43(2)33-26-30(22-24-37(33)48-38-20-12-10-18-34(38)44-41(43)48)29-21-23-36-32(25-29)31-17-9-11-19-35(31)49(36)42-46-39(27-13-5-3-6-14-27)45-40(47-42)28-15-7-4-8-16-28/h3-26H,1-2H3. The third kappa shape index (κ3) is 4.14. The lowest BCUT2D eigenvalue weighted by atomic mass is 9.84. The van der Waals surface area contributed by atoms with Crippen molar-refractivity contribution in [3.8, 4) is 45.5 Å². The van der Waals surface area contributed by atoms with Crippen LogP contribution in [-0.4, -0.2) is 29.1 Å². The molecule has 0 amide bonds. The minimum absolute atomic E-state index is 0.226. The number of para-hydroxylation sites is 3. The van der Waals surface area contributed by atoms with E-state index in [9.17, 15) is 0 Å². The van der Waals surface area contributed by atoms with Gasteiger partial charge < -0.3 is 0 Å². The van der Waals surface area contributed by atoms with Crippen LogP contribution < -0.4 is 0 Å². The van der Waals surface area contributed by atoms with Gasteiger partial charge in [-0.05, 0) is 73.0 Å². The molecule has 0 saturated heterocycles. The molecule has 0 saturated carbocycles.